The van der Waals surface area contributed by atoms with E-state index in [1.165, 1.54) is 0 Å². The molecule has 2 rings (SSSR count). The number of aryl methyl sites for hydroxylation is 1. The SMILES string of the molecule is CCOC(=O)N1CCC(C(=O)NNC(=O)c2ccccc2C)CC1. The highest BCUT2D eigenvalue weighted by Crippen LogP contribution is 2.17. The molecule has 24 heavy (non-hydrogen) atoms. The third-order valence-corrected chi connectivity index (χ3v) is 4.08. The van der Waals surface area contributed by atoms with E-state index in [0.717, 1.165) is 5.56 Å². The predicted octanol–water partition coefficient (Wildman–Crippen LogP) is 1.62. The second kappa shape index (κ2) is 8.33. The summed E-state index contributed by atoms with van der Waals surface area (Å²) in [4.78, 5) is 37.5. The molecule has 1 aromatic carbocycles. The number of hydrogen-bond donors (Lipinski definition) is 2. The topological polar surface area (TPSA) is 87.7 Å². The summed E-state index contributed by atoms with van der Waals surface area (Å²) in [5, 5.41) is 0. The van der Waals surface area contributed by atoms with Crippen molar-refractivity contribution in [1.82, 2.24) is 15.8 Å². The van der Waals surface area contributed by atoms with E-state index in [4.69, 9.17) is 4.74 Å². The Bertz CT molecular complexity index is 610. The second-order valence-corrected chi connectivity index (χ2v) is 5.72. The molecule has 1 fully saturated rings. The van der Waals surface area contributed by atoms with Crippen molar-refractivity contribution in [2.75, 3.05) is 19.7 Å². The first kappa shape index (κ1) is 17.8. The van der Waals surface area contributed by atoms with Crippen molar-refractivity contribution in [1.29, 1.82) is 0 Å². The molecule has 0 saturated carbocycles. The lowest BCUT2D eigenvalue weighted by atomic mass is 9.96. The Hall–Kier alpha value is -2.57. The van der Waals surface area contributed by atoms with Crippen LogP contribution in [0, 0.1) is 12.8 Å². The van der Waals surface area contributed by atoms with Gasteiger partial charge in [-0.1, -0.05) is 18.2 Å². The Balaban J connectivity index is 1.79. The van der Waals surface area contributed by atoms with Crippen LogP contribution < -0.4 is 10.9 Å². The average Bonchev–Trinajstić information content (AvgIpc) is 2.60. The van der Waals surface area contributed by atoms with Crippen LogP contribution in [0.1, 0.15) is 35.7 Å². The van der Waals surface area contributed by atoms with E-state index in [2.05, 4.69) is 10.9 Å². The van der Waals surface area contributed by atoms with Crippen molar-refractivity contribution in [3.05, 3.63) is 35.4 Å². The number of hydrogen-bond acceptors (Lipinski definition) is 4. The van der Waals surface area contributed by atoms with Crippen LogP contribution in [0.2, 0.25) is 0 Å². The summed E-state index contributed by atoms with van der Waals surface area (Å²) >= 11 is 0. The van der Waals surface area contributed by atoms with Gasteiger partial charge < -0.3 is 9.64 Å². The number of likely N-dealkylation sites (tertiary alicyclic amines) is 1. The fourth-order valence-corrected chi connectivity index (χ4v) is 2.65. The zero-order chi connectivity index (χ0) is 17.5. The molecule has 1 heterocycles. The number of carbonyl (C=O) groups is 3. The number of rotatable bonds is 3. The van der Waals surface area contributed by atoms with E-state index < -0.39 is 0 Å². The Morgan fingerprint density at radius 3 is 2.46 bits per heavy atom. The highest BCUT2D eigenvalue weighted by atomic mass is 16.6. The maximum atomic E-state index is 12.2. The molecular formula is C17H23N3O4. The van der Waals surface area contributed by atoms with Gasteiger partial charge in [0, 0.05) is 24.6 Å². The molecule has 2 N–H and O–H groups in total. The minimum absolute atomic E-state index is 0.229. The van der Waals surface area contributed by atoms with Crippen LogP contribution in [0.25, 0.3) is 0 Å². The monoisotopic (exact) mass is 333 g/mol. The minimum atomic E-state index is -0.343. The van der Waals surface area contributed by atoms with E-state index in [-0.39, 0.29) is 23.8 Å². The zero-order valence-corrected chi connectivity index (χ0v) is 14.0. The van der Waals surface area contributed by atoms with E-state index >= 15 is 0 Å². The quantitative estimate of drug-likeness (QED) is 0.823. The summed E-state index contributed by atoms with van der Waals surface area (Å²) in [6.07, 6.45) is 0.750. The van der Waals surface area contributed by atoms with Crippen molar-refractivity contribution < 1.29 is 19.1 Å². The molecule has 1 aliphatic heterocycles. The lowest BCUT2D eigenvalue weighted by Gasteiger charge is -2.30. The molecule has 7 nitrogen and oxygen atoms in total. The number of nitrogens with zero attached hydrogens (tertiary/aromatic N) is 1. The summed E-state index contributed by atoms with van der Waals surface area (Å²) in [5.41, 5.74) is 6.28. The summed E-state index contributed by atoms with van der Waals surface area (Å²) < 4.78 is 4.95. The van der Waals surface area contributed by atoms with Crippen LogP contribution in [-0.2, 0) is 9.53 Å². The summed E-state index contributed by atoms with van der Waals surface area (Å²) in [7, 11) is 0. The van der Waals surface area contributed by atoms with E-state index in [1.54, 1.807) is 24.0 Å². The van der Waals surface area contributed by atoms with Crippen molar-refractivity contribution in [3.63, 3.8) is 0 Å². The molecule has 1 aliphatic rings. The maximum absolute atomic E-state index is 12.2. The number of ether oxygens (including phenoxy) is 1. The summed E-state index contributed by atoms with van der Waals surface area (Å²) in [6.45, 7) is 4.88. The highest BCUT2D eigenvalue weighted by Gasteiger charge is 2.28. The van der Waals surface area contributed by atoms with E-state index in [0.29, 0.717) is 38.1 Å². The molecule has 0 bridgehead atoms. The predicted molar refractivity (Wildman–Crippen MR) is 88.1 cm³/mol. The first-order chi connectivity index (χ1) is 11.5. The molecule has 0 aromatic heterocycles. The third kappa shape index (κ3) is 4.47. The summed E-state index contributed by atoms with van der Waals surface area (Å²) in [6, 6.07) is 7.16. The second-order valence-electron chi connectivity index (χ2n) is 5.72. The highest BCUT2D eigenvalue weighted by molar-refractivity contribution is 5.96. The molecule has 0 radical (unpaired) electrons. The smallest absolute Gasteiger partial charge is 0.409 e. The zero-order valence-electron chi connectivity index (χ0n) is 14.0. The van der Waals surface area contributed by atoms with E-state index in [9.17, 15) is 14.4 Å². The maximum Gasteiger partial charge on any atom is 0.409 e. The number of hydrazine groups is 1. The number of piperidine rings is 1. The van der Waals surface area contributed by atoms with Crippen LogP contribution in [0.4, 0.5) is 4.79 Å². The number of amides is 3. The molecule has 0 spiro atoms. The first-order valence-electron chi connectivity index (χ1n) is 8.10. The number of carbonyl (C=O) groups excluding carboxylic acids is 3. The average molecular weight is 333 g/mol. The van der Waals surface area contributed by atoms with Crippen LogP contribution in [0.5, 0.6) is 0 Å². The Labute approximate surface area is 141 Å². The fraction of sp³-hybridized carbons (Fsp3) is 0.471. The molecule has 7 heteroatoms. The van der Waals surface area contributed by atoms with Gasteiger partial charge in [-0.05, 0) is 38.3 Å². The van der Waals surface area contributed by atoms with Crippen LogP contribution in [-0.4, -0.2) is 42.5 Å². The van der Waals surface area contributed by atoms with Gasteiger partial charge in [0.15, 0.2) is 0 Å². The Morgan fingerprint density at radius 1 is 1.17 bits per heavy atom. The van der Waals surface area contributed by atoms with Gasteiger partial charge in [0.2, 0.25) is 5.91 Å². The van der Waals surface area contributed by atoms with Crippen LogP contribution in [0.15, 0.2) is 24.3 Å². The van der Waals surface area contributed by atoms with Crippen molar-refractivity contribution in [3.8, 4) is 0 Å². The molecule has 1 saturated heterocycles. The molecular weight excluding hydrogens is 310 g/mol. The number of benzene rings is 1. The molecule has 1 aromatic rings. The lowest BCUT2D eigenvalue weighted by molar-refractivity contribution is -0.127. The van der Waals surface area contributed by atoms with Gasteiger partial charge in [0.05, 0.1) is 6.61 Å². The fourth-order valence-electron chi connectivity index (χ4n) is 2.65. The largest absolute Gasteiger partial charge is 0.450 e. The standard InChI is InChI=1S/C17H23N3O4/c1-3-24-17(23)20-10-8-13(9-11-20)15(21)18-19-16(22)14-7-5-4-6-12(14)2/h4-7,13H,3,8-11H2,1-2H3,(H,18,21)(H,19,22). The minimum Gasteiger partial charge on any atom is -0.450 e. The molecule has 0 aliphatic carbocycles. The van der Waals surface area contributed by atoms with Gasteiger partial charge in [-0.25, -0.2) is 4.79 Å². The van der Waals surface area contributed by atoms with Crippen LogP contribution in [0.3, 0.4) is 0 Å². The van der Waals surface area contributed by atoms with Gasteiger partial charge in [-0.2, -0.15) is 0 Å². The van der Waals surface area contributed by atoms with Gasteiger partial charge in [-0.3, -0.25) is 20.4 Å². The van der Waals surface area contributed by atoms with E-state index in [1.807, 2.05) is 19.1 Å². The third-order valence-electron chi connectivity index (χ3n) is 4.08. The first-order valence-corrected chi connectivity index (χ1v) is 8.10. The Morgan fingerprint density at radius 2 is 1.83 bits per heavy atom. The summed E-state index contributed by atoms with van der Waals surface area (Å²) in [5.74, 6) is -0.807. The van der Waals surface area contributed by atoms with Gasteiger partial charge in [0.1, 0.15) is 0 Å². The van der Waals surface area contributed by atoms with Gasteiger partial charge in [-0.15, -0.1) is 0 Å². The van der Waals surface area contributed by atoms with Crippen molar-refractivity contribution in [2.45, 2.75) is 26.7 Å². The molecule has 3 amide bonds. The van der Waals surface area contributed by atoms with Crippen molar-refractivity contribution in [2.24, 2.45) is 5.92 Å². The number of nitrogens with one attached hydrogen (secondary N) is 2. The molecule has 0 unspecified atom stereocenters. The normalized spacial score (nSPS) is 14.8. The lowest BCUT2D eigenvalue weighted by Crippen LogP contribution is -2.48. The van der Waals surface area contributed by atoms with Crippen molar-refractivity contribution >= 4 is 17.9 Å². The molecule has 130 valence electrons. The molecule has 0 atom stereocenters. The van der Waals surface area contributed by atoms with Crippen LogP contribution >= 0.6 is 0 Å². The van der Waals surface area contributed by atoms with Gasteiger partial charge >= 0.3 is 6.09 Å². The Kier molecular flexibility index (Phi) is 6.17. The van der Waals surface area contributed by atoms with Gasteiger partial charge in [0.25, 0.3) is 5.91 Å².